The minimum absolute atomic E-state index is 0.0441. The molecule has 2 N–H and O–H groups in total. The highest BCUT2D eigenvalue weighted by molar-refractivity contribution is 8.05. The van der Waals surface area contributed by atoms with E-state index < -0.39 is 0 Å². The van der Waals surface area contributed by atoms with Gasteiger partial charge >= 0.3 is 0 Å². The standard InChI is InChI=1S/C29H34N4O3S2/c1-19(16-32-10-12-35-20(2)17-32)31-21-6-7-25-27(14-21)37-26-5-3-4-23(29(26)38-25)24-18-33(11-13-36-24)22-8-9-30-28(34)15-22/h3-9,14-15,19-20,24,31H,10-13,16-18H2,1-2H3,(H,30,34). The number of hydrogen-bond acceptors (Lipinski definition) is 8. The zero-order valence-corrected chi connectivity index (χ0v) is 23.4. The molecule has 7 nitrogen and oxygen atoms in total. The van der Waals surface area contributed by atoms with Gasteiger partial charge in [-0.15, -0.1) is 0 Å². The molecular weight excluding hydrogens is 516 g/mol. The second-order valence-electron chi connectivity index (χ2n) is 10.2. The molecule has 9 heteroatoms. The van der Waals surface area contributed by atoms with E-state index >= 15 is 0 Å². The molecule has 3 unspecified atom stereocenters. The molecule has 4 heterocycles. The van der Waals surface area contributed by atoms with Crippen LogP contribution in [-0.4, -0.2) is 68.0 Å². The lowest BCUT2D eigenvalue weighted by atomic mass is 10.1. The van der Waals surface area contributed by atoms with Crippen LogP contribution in [0.2, 0.25) is 0 Å². The third kappa shape index (κ3) is 5.77. The number of ether oxygens (including phenoxy) is 2. The van der Waals surface area contributed by atoms with Crippen LogP contribution in [0.25, 0.3) is 0 Å². The van der Waals surface area contributed by atoms with Crippen LogP contribution < -0.4 is 15.8 Å². The first kappa shape index (κ1) is 25.8. The van der Waals surface area contributed by atoms with Gasteiger partial charge < -0.3 is 24.7 Å². The summed E-state index contributed by atoms with van der Waals surface area (Å²) in [7, 11) is 0. The molecule has 2 saturated heterocycles. The van der Waals surface area contributed by atoms with Gasteiger partial charge in [0.25, 0.3) is 0 Å². The van der Waals surface area contributed by atoms with Gasteiger partial charge in [-0.1, -0.05) is 35.7 Å². The number of H-pyrrole nitrogens is 1. The number of hydrogen-bond donors (Lipinski definition) is 2. The maximum Gasteiger partial charge on any atom is 0.249 e. The Balaban J connectivity index is 1.15. The molecule has 200 valence electrons. The molecule has 0 bridgehead atoms. The second-order valence-corrected chi connectivity index (χ2v) is 12.4. The third-order valence-electron chi connectivity index (χ3n) is 7.19. The first-order chi connectivity index (χ1) is 18.5. The van der Waals surface area contributed by atoms with Crippen molar-refractivity contribution in [3.05, 3.63) is 70.6 Å². The Morgan fingerprint density at radius 3 is 2.79 bits per heavy atom. The van der Waals surface area contributed by atoms with Crippen LogP contribution in [0.15, 0.2) is 79.1 Å². The van der Waals surface area contributed by atoms with E-state index in [4.69, 9.17) is 9.47 Å². The van der Waals surface area contributed by atoms with Gasteiger partial charge in [0.1, 0.15) is 6.10 Å². The Morgan fingerprint density at radius 1 is 1.03 bits per heavy atom. The van der Waals surface area contributed by atoms with Crippen LogP contribution >= 0.6 is 23.5 Å². The number of fused-ring (bicyclic) bond motifs is 2. The Morgan fingerprint density at radius 2 is 1.92 bits per heavy atom. The van der Waals surface area contributed by atoms with E-state index in [1.54, 1.807) is 12.3 Å². The number of benzene rings is 2. The lowest BCUT2D eigenvalue weighted by molar-refractivity contribution is -0.0188. The van der Waals surface area contributed by atoms with Gasteiger partial charge in [0.05, 0.1) is 19.3 Å². The molecule has 6 rings (SSSR count). The molecule has 2 aromatic carbocycles. The first-order valence-electron chi connectivity index (χ1n) is 13.3. The number of morpholine rings is 2. The molecule has 1 aromatic heterocycles. The van der Waals surface area contributed by atoms with Crippen molar-refractivity contribution in [2.24, 2.45) is 0 Å². The highest BCUT2D eigenvalue weighted by Gasteiger charge is 2.28. The average molecular weight is 551 g/mol. The molecule has 3 aliphatic rings. The summed E-state index contributed by atoms with van der Waals surface area (Å²) < 4.78 is 11.9. The van der Waals surface area contributed by atoms with E-state index in [0.717, 1.165) is 50.7 Å². The van der Waals surface area contributed by atoms with Crippen molar-refractivity contribution in [2.75, 3.05) is 56.2 Å². The number of pyridine rings is 1. The SMILES string of the molecule is CC(CN1CCOC(C)C1)Nc1ccc2c(c1)Sc1cccc(C3CN(c4cc[nH]c(=O)c4)CCO3)c1S2. The minimum atomic E-state index is -0.0786. The summed E-state index contributed by atoms with van der Waals surface area (Å²) in [5.41, 5.74) is 3.24. The fraction of sp³-hybridized carbons (Fsp3) is 0.414. The molecule has 3 aliphatic heterocycles. The van der Waals surface area contributed by atoms with Gasteiger partial charge in [-0.3, -0.25) is 9.69 Å². The molecule has 3 atom stereocenters. The zero-order valence-electron chi connectivity index (χ0n) is 21.8. The molecule has 0 spiro atoms. The summed E-state index contributed by atoms with van der Waals surface area (Å²) in [6.45, 7) is 10.3. The van der Waals surface area contributed by atoms with E-state index in [1.807, 2.05) is 29.6 Å². The molecule has 0 amide bonds. The van der Waals surface area contributed by atoms with Crippen LogP contribution in [-0.2, 0) is 9.47 Å². The Labute approximate surface area is 232 Å². The summed E-state index contributed by atoms with van der Waals surface area (Å²) in [5, 5.41) is 3.71. The Hall–Kier alpha value is -2.43. The summed E-state index contributed by atoms with van der Waals surface area (Å²) in [4.78, 5) is 24.4. The lowest BCUT2D eigenvalue weighted by Gasteiger charge is -2.36. The van der Waals surface area contributed by atoms with Crippen LogP contribution in [0.5, 0.6) is 0 Å². The molecular formula is C29H34N4O3S2. The molecule has 0 saturated carbocycles. The molecule has 0 radical (unpaired) electrons. The summed E-state index contributed by atoms with van der Waals surface area (Å²) >= 11 is 3.67. The van der Waals surface area contributed by atoms with Crippen LogP contribution in [0.4, 0.5) is 11.4 Å². The van der Waals surface area contributed by atoms with Gasteiger partial charge in [-0.2, -0.15) is 0 Å². The maximum absolute atomic E-state index is 11.8. The molecule has 3 aromatic rings. The van der Waals surface area contributed by atoms with E-state index in [0.29, 0.717) is 18.8 Å². The summed E-state index contributed by atoms with van der Waals surface area (Å²) in [6, 6.07) is 17.2. The second kappa shape index (κ2) is 11.4. The van der Waals surface area contributed by atoms with Crippen molar-refractivity contribution >= 4 is 34.9 Å². The van der Waals surface area contributed by atoms with Gasteiger partial charge in [0.15, 0.2) is 0 Å². The zero-order chi connectivity index (χ0) is 26.1. The minimum Gasteiger partial charge on any atom is -0.381 e. The normalized spacial score (nSPS) is 22.4. The summed E-state index contributed by atoms with van der Waals surface area (Å²) in [5.74, 6) is 0. The first-order valence-corrected chi connectivity index (χ1v) is 14.9. The largest absolute Gasteiger partial charge is 0.381 e. The fourth-order valence-electron chi connectivity index (χ4n) is 5.44. The highest BCUT2D eigenvalue weighted by Crippen LogP contribution is 2.51. The summed E-state index contributed by atoms with van der Waals surface area (Å²) in [6.07, 6.45) is 1.98. The molecule has 2 fully saturated rings. The molecule has 0 aliphatic carbocycles. The van der Waals surface area contributed by atoms with Crippen molar-refractivity contribution in [1.82, 2.24) is 9.88 Å². The maximum atomic E-state index is 11.8. The van der Waals surface area contributed by atoms with Crippen molar-refractivity contribution in [3.8, 4) is 0 Å². The lowest BCUT2D eigenvalue weighted by Crippen LogP contribution is -2.45. The number of aromatic amines is 1. The van der Waals surface area contributed by atoms with Gasteiger partial charge in [0, 0.05) is 82.0 Å². The number of nitrogens with zero attached hydrogens (tertiary/aromatic N) is 2. The van der Waals surface area contributed by atoms with E-state index in [1.165, 1.54) is 25.1 Å². The van der Waals surface area contributed by atoms with Gasteiger partial charge in [-0.05, 0) is 49.7 Å². The van der Waals surface area contributed by atoms with Gasteiger partial charge in [0.2, 0.25) is 5.56 Å². The fourth-order valence-corrected chi connectivity index (χ4v) is 7.89. The van der Waals surface area contributed by atoms with Crippen molar-refractivity contribution in [1.29, 1.82) is 0 Å². The third-order valence-corrected chi connectivity index (χ3v) is 9.80. The van der Waals surface area contributed by atoms with Crippen molar-refractivity contribution < 1.29 is 9.47 Å². The number of aromatic nitrogens is 1. The highest BCUT2D eigenvalue weighted by atomic mass is 32.2. The predicted octanol–water partition coefficient (Wildman–Crippen LogP) is 5.09. The van der Waals surface area contributed by atoms with Gasteiger partial charge in [-0.25, -0.2) is 0 Å². The van der Waals surface area contributed by atoms with Crippen LogP contribution in [0, 0.1) is 0 Å². The van der Waals surface area contributed by atoms with Crippen molar-refractivity contribution in [3.63, 3.8) is 0 Å². The van der Waals surface area contributed by atoms with E-state index in [9.17, 15) is 4.79 Å². The topological polar surface area (TPSA) is 69.8 Å². The number of anilines is 2. The number of rotatable bonds is 6. The smallest absolute Gasteiger partial charge is 0.249 e. The van der Waals surface area contributed by atoms with Crippen LogP contribution in [0.1, 0.15) is 25.5 Å². The monoisotopic (exact) mass is 550 g/mol. The Kier molecular flexibility index (Phi) is 7.72. The predicted molar refractivity (Wildman–Crippen MR) is 154 cm³/mol. The average Bonchev–Trinajstić information content (AvgIpc) is 2.91. The molecule has 38 heavy (non-hydrogen) atoms. The van der Waals surface area contributed by atoms with Crippen molar-refractivity contribution in [2.45, 2.75) is 51.7 Å². The quantitative estimate of drug-likeness (QED) is 0.344. The van der Waals surface area contributed by atoms with E-state index in [2.05, 4.69) is 70.3 Å². The van der Waals surface area contributed by atoms with Crippen LogP contribution in [0.3, 0.4) is 0 Å². The Bertz CT molecular complexity index is 1350. The van der Waals surface area contributed by atoms with E-state index in [-0.39, 0.29) is 11.7 Å². The number of nitrogens with one attached hydrogen (secondary N) is 2.